The highest BCUT2D eigenvalue weighted by molar-refractivity contribution is 4.93. The molecule has 0 spiro atoms. The van der Waals surface area contributed by atoms with Gasteiger partial charge in [-0.3, -0.25) is 0 Å². The van der Waals surface area contributed by atoms with Crippen molar-refractivity contribution in [3.63, 3.8) is 0 Å². The highest BCUT2D eigenvalue weighted by atomic mass is 15.1. The lowest BCUT2D eigenvalue weighted by atomic mass is 9.97. The fourth-order valence-corrected chi connectivity index (χ4v) is 3.91. The average molecular weight is 264 g/mol. The Kier molecular flexibility index (Phi) is 4.48. The average Bonchev–Trinajstić information content (AvgIpc) is 3.26. The molecular weight excluding hydrogens is 232 g/mol. The molecule has 0 aromatic heterocycles. The van der Waals surface area contributed by atoms with Crippen LogP contribution in [-0.2, 0) is 0 Å². The number of hydrogen-bond acceptors (Lipinski definition) is 2. The smallest absolute Gasteiger partial charge is 0.00798 e. The lowest BCUT2D eigenvalue weighted by molar-refractivity contribution is 0.228. The van der Waals surface area contributed by atoms with Crippen LogP contribution in [0.2, 0.25) is 0 Å². The van der Waals surface area contributed by atoms with Crippen LogP contribution in [0, 0.1) is 17.8 Å². The molecule has 0 bridgehead atoms. The van der Waals surface area contributed by atoms with Gasteiger partial charge in [-0.2, -0.15) is 0 Å². The lowest BCUT2D eigenvalue weighted by Crippen LogP contribution is -2.36. The van der Waals surface area contributed by atoms with Crippen LogP contribution in [-0.4, -0.2) is 36.6 Å². The van der Waals surface area contributed by atoms with Gasteiger partial charge in [0.1, 0.15) is 0 Å². The molecule has 0 aromatic carbocycles. The zero-order valence-corrected chi connectivity index (χ0v) is 12.9. The Hall–Kier alpha value is -0.0800. The van der Waals surface area contributed by atoms with Crippen molar-refractivity contribution in [2.45, 2.75) is 70.9 Å². The van der Waals surface area contributed by atoms with E-state index in [0.717, 1.165) is 29.8 Å². The normalized spacial score (nSPS) is 30.0. The molecule has 1 saturated heterocycles. The van der Waals surface area contributed by atoms with E-state index in [2.05, 4.69) is 24.1 Å². The van der Waals surface area contributed by atoms with Gasteiger partial charge >= 0.3 is 0 Å². The summed E-state index contributed by atoms with van der Waals surface area (Å²) in [6, 6.07) is 1.52. The van der Waals surface area contributed by atoms with Crippen LogP contribution in [0.1, 0.15) is 58.8 Å². The van der Waals surface area contributed by atoms with Crippen LogP contribution in [0.3, 0.4) is 0 Å². The van der Waals surface area contributed by atoms with Crippen LogP contribution < -0.4 is 5.32 Å². The van der Waals surface area contributed by atoms with E-state index < -0.39 is 0 Å². The summed E-state index contributed by atoms with van der Waals surface area (Å²) in [4.78, 5) is 2.65. The quantitative estimate of drug-likeness (QED) is 0.792. The van der Waals surface area contributed by atoms with Crippen LogP contribution in [0.5, 0.6) is 0 Å². The van der Waals surface area contributed by atoms with Gasteiger partial charge in [-0.25, -0.2) is 0 Å². The second kappa shape index (κ2) is 6.13. The molecular formula is C17H32N2. The summed E-state index contributed by atoms with van der Waals surface area (Å²) in [6.07, 6.45) is 10.2. The van der Waals surface area contributed by atoms with Gasteiger partial charge in [-0.1, -0.05) is 0 Å². The van der Waals surface area contributed by atoms with Crippen molar-refractivity contribution in [2.24, 2.45) is 17.8 Å². The van der Waals surface area contributed by atoms with E-state index in [9.17, 15) is 0 Å². The molecule has 1 atom stereocenters. The third kappa shape index (κ3) is 3.95. The summed E-state index contributed by atoms with van der Waals surface area (Å²) < 4.78 is 0. The van der Waals surface area contributed by atoms with Crippen molar-refractivity contribution < 1.29 is 0 Å². The monoisotopic (exact) mass is 264 g/mol. The first-order valence-electron chi connectivity index (χ1n) is 8.71. The molecule has 3 fully saturated rings. The highest BCUT2D eigenvalue weighted by Gasteiger charge is 2.41. The first kappa shape index (κ1) is 13.9. The van der Waals surface area contributed by atoms with E-state index in [-0.39, 0.29) is 0 Å². The van der Waals surface area contributed by atoms with Gasteiger partial charge in [0, 0.05) is 12.1 Å². The zero-order valence-electron chi connectivity index (χ0n) is 12.9. The predicted octanol–water partition coefficient (Wildman–Crippen LogP) is 3.28. The molecule has 2 saturated carbocycles. The topological polar surface area (TPSA) is 15.3 Å². The first-order chi connectivity index (χ1) is 9.24. The van der Waals surface area contributed by atoms with Crippen molar-refractivity contribution in [3.05, 3.63) is 0 Å². The minimum atomic E-state index is 0.726. The van der Waals surface area contributed by atoms with Crippen molar-refractivity contribution in [3.8, 4) is 0 Å². The molecule has 2 nitrogen and oxygen atoms in total. The molecule has 0 amide bonds. The summed E-state index contributed by atoms with van der Waals surface area (Å²) in [7, 11) is 0. The van der Waals surface area contributed by atoms with E-state index in [1.807, 2.05) is 0 Å². The van der Waals surface area contributed by atoms with Gasteiger partial charge < -0.3 is 10.2 Å². The fourth-order valence-electron chi connectivity index (χ4n) is 3.91. The number of nitrogens with one attached hydrogen (secondary N) is 1. The maximum atomic E-state index is 3.94. The first-order valence-corrected chi connectivity index (χ1v) is 8.71. The third-order valence-electron chi connectivity index (χ3n) is 5.59. The number of hydrogen-bond donors (Lipinski definition) is 1. The molecule has 3 rings (SSSR count). The predicted molar refractivity (Wildman–Crippen MR) is 81.3 cm³/mol. The molecule has 2 heteroatoms. The molecule has 1 aliphatic heterocycles. The number of nitrogens with zero attached hydrogens (tertiary/aromatic N) is 1. The molecule has 0 radical (unpaired) electrons. The SMILES string of the molecule is CC(C)N1CCCC(NCC(C2CC2)C2CC2)CC1. The molecule has 1 N–H and O–H groups in total. The minimum Gasteiger partial charge on any atom is -0.314 e. The van der Waals surface area contributed by atoms with E-state index in [4.69, 9.17) is 0 Å². The summed E-state index contributed by atoms with van der Waals surface area (Å²) in [5.41, 5.74) is 0. The Morgan fingerprint density at radius 2 is 1.63 bits per heavy atom. The number of likely N-dealkylation sites (tertiary alicyclic amines) is 1. The van der Waals surface area contributed by atoms with Crippen molar-refractivity contribution in [1.82, 2.24) is 10.2 Å². The molecule has 3 aliphatic rings. The van der Waals surface area contributed by atoms with Gasteiger partial charge in [0.15, 0.2) is 0 Å². The molecule has 1 unspecified atom stereocenters. The Labute approximate surface area is 119 Å². The Balaban J connectivity index is 1.42. The maximum absolute atomic E-state index is 3.94. The molecule has 110 valence electrons. The van der Waals surface area contributed by atoms with Crippen molar-refractivity contribution in [2.75, 3.05) is 19.6 Å². The van der Waals surface area contributed by atoms with E-state index in [0.29, 0.717) is 0 Å². The zero-order chi connectivity index (χ0) is 13.2. The van der Waals surface area contributed by atoms with Gasteiger partial charge in [-0.15, -0.1) is 0 Å². The van der Waals surface area contributed by atoms with Crippen molar-refractivity contribution in [1.29, 1.82) is 0 Å². The van der Waals surface area contributed by atoms with Gasteiger partial charge in [0.05, 0.1) is 0 Å². The fraction of sp³-hybridized carbons (Fsp3) is 1.00. The Morgan fingerprint density at radius 1 is 0.947 bits per heavy atom. The maximum Gasteiger partial charge on any atom is 0.00798 e. The summed E-state index contributed by atoms with van der Waals surface area (Å²) in [6.45, 7) is 8.60. The third-order valence-corrected chi connectivity index (χ3v) is 5.59. The van der Waals surface area contributed by atoms with Gasteiger partial charge in [0.2, 0.25) is 0 Å². The summed E-state index contributed by atoms with van der Waals surface area (Å²) in [5, 5.41) is 3.94. The highest BCUT2D eigenvalue weighted by Crippen LogP contribution is 2.48. The Morgan fingerprint density at radius 3 is 2.21 bits per heavy atom. The lowest BCUT2D eigenvalue weighted by Gasteiger charge is -2.25. The Bertz CT molecular complexity index is 269. The van der Waals surface area contributed by atoms with Crippen LogP contribution in [0.25, 0.3) is 0 Å². The van der Waals surface area contributed by atoms with Gasteiger partial charge in [0.25, 0.3) is 0 Å². The van der Waals surface area contributed by atoms with E-state index in [1.54, 1.807) is 0 Å². The molecule has 0 aromatic rings. The standard InChI is InChI=1S/C17H32N2/c1-13(2)19-10-3-4-16(9-11-19)18-12-17(14-5-6-14)15-7-8-15/h13-18H,3-12H2,1-2H3. The van der Waals surface area contributed by atoms with E-state index in [1.165, 1.54) is 64.6 Å². The summed E-state index contributed by atoms with van der Waals surface area (Å²) in [5.74, 6) is 3.22. The van der Waals surface area contributed by atoms with Crippen molar-refractivity contribution >= 4 is 0 Å². The van der Waals surface area contributed by atoms with Crippen LogP contribution in [0.15, 0.2) is 0 Å². The minimum absolute atomic E-state index is 0.726. The van der Waals surface area contributed by atoms with Crippen LogP contribution >= 0.6 is 0 Å². The van der Waals surface area contributed by atoms with E-state index >= 15 is 0 Å². The second-order valence-corrected chi connectivity index (χ2v) is 7.50. The second-order valence-electron chi connectivity index (χ2n) is 7.50. The van der Waals surface area contributed by atoms with Gasteiger partial charge in [-0.05, 0) is 96.2 Å². The molecule has 1 heterocycles. The summed E-state index contributed by atoms with van der Waals surface area (Å²) >= 11 is 0. The largest absolute Gasteiger partial charge is 0.314 e. The van der Waals surface area contributed by atoms with Crippen LogP contribution in [0.4, 0.5) is 0 Å². The molecule has 2 aliphatic carbocycles. The number of rotatable bonds is 6. The molecule has 19 heavy (non-hydrogen) atoms.